The third-order valence-corrected chi connectivity index (χ3v) is 4.31. The van der Waals surface area contributed by atoms with Gasteiger partial charge in [-0.05, 0) is 31.3 Å². The summed E-state index contributed by atoms with van der Waals surface area (Å²) in [4.78, 5) is 23.8. The van der Waals surface area contributed by atoms with Gasteiger partial charge in [-0.1, -0.05) is 19.8 Å². The van der Waals surface area contributed by atoms with E-state index < -0.39 is 11.5 Å². The minimum Gasteiger partial charge on any atom is -0.480 e. The summed E-state index contributed by atoms with van der Waals surface area (Å²) in [5.74, 6) is -0.798. The molecule has 0 bridgehead atoms. The highest BCUT2D eigenvalue weighted by atomic mass is 16.4. The minimum atomic E-state index is -1.08. The molecule has 0 spiro atoms. The van der Waals surface area contributed by atoms with Gasteiger partial charge in [0.25, 0.3) is 0 Å². The Labute approximate surface area is 113 Å². The Hall–Kier alpha value is -1.36. The third kappa shape index (κ3) is 2.81. The Bertz CT molecular complexity index is 424. The van der Waals surface area contributed by atoms with E-state index in [1.807, 2.05) is 6.92 Å². The zero-order chi connectivity index (χ0) is 14.0. The lowest BCUT2D eigenvalue weighted by molar-refractivity contribution is -0.149. The Kier molecular flexibility index (Phi) is 3.94. The highest BCUT2D eigenvalue weighted by Crippen LogP contribution is 2.33. The van der Waals surface area contributed by atoms with Gasteiger partial charge in [-0.2, -0.15) is 0 Å². The molecule has 5 nitrogen and oxygen atoms in total. The van der Waals surface area contributed by atoms with Gasteiger partial charge in [0.2, 0.25) is 5.91 Å². The largest absolute Gasteiger partial charge is 0.480 e. The molecule has 3 N–H and O–H groups in total. The molecule has 0 radical (unpaired) electrons. The average Bonchev–Trinajstić information content (AvgIpc) is 2.26. The fourth-order valence-corrected chi connectivity index (χ4v) is 2.90. The van der Waals surface area contributed by atoms with Crippen LogP contribution in [0, 0.1) is 5.92 Å². The van der Waals surface area contributed by atoms with Crippen molar-refractivity contribution in [1.29, 1.82) is 0 Å². The summed E-state index contributed by atoms with van der Waals surface area (Å²) in [7, 11) is 0. The first-order valence-electron chi connectivity index (χ1n) is 6.90. The first-order valence-corrected chi connectivity index (χ1v) is 6.90. The van der Waals surface area contributed by atoms with Crippen molar-refractivity contribution < 1.29 is 14.7 Å². The van der Waals surface area contributed by atoms with Crippen LogP contribution in [0.15, 0.2) is 11.1 Å². The van der Waals surface area contributed by atoms with Crippen molar-refractivity contribution >= 4 is 11.9 Å². The minimum absolute atomic E-state index is 0.229. The molecular weight excluding hydrogens is 244 g/mol. The second-order valence-electron chi connectivity index (χ2n) is 5.88. The van der Waals surface area contributed by atoms with Crippen LogP contribution in [0.3, 0.4) is 0 Å². The molecule has 0 aromatic rings. The smallest absolute Gasteiger partial charge is 0.329 e. The molecule has 106 valence electrons. The van der Waals surface area contributed by atoms with Crippen LogP contribution in [0.4, 0.5) is 0 Å². The fraction of sp³-hybridized carbons (Fsp3) is 0.714. The van der Waals surface area contributed by atoms with Crippen LogP contribution < -0.4 is 10.6 Å². The van der Waals surface area contributed by atoms with Gasteiger partial charge in [0.15, 0.2) is 0 Å². The third-order valence-electron chi connectivity index (χ3n) is 4.31. The maximum absolute atomic E-state index is 12.2. The summed E-state index contributed by atoms with van der Waals surface area (Å²) < 4.78 is 0. The number of aliphatic carboxylic acids is 1. The number of carbonyl (C=O) groups is 2. The quantitative estimate of drug-likeness (QED) is 0.667. The molecule has 2 atom stereocenters. The van der Waals surface area contributed by atoms with Crippen molar-refractivity contribution in [3.63, 3.8) is 0 Å². The lowest BCUT2D eigenvalue weighted by Crippen LogP contribution is -2.57. The van der Waals surface area contributed by atoms with E-state index in [0.717, 1.165) is 31.5 Å². The average molecular weight is 266 g/mol. The molecule has 1 amide bonds. The Morgan fingerprint density at radius 2 is 2.11 bits per heavy atom. The van der Waals surface area contributed by atoms with Crippen molar-refractivity contribution in [1.82, 2.24) is 10.6 Å². The molecule has 5 heteroatoms. The molecule has 1 saturated carbocycles. The molecule has 0 aromatic carbocycles. The first-order chi connectivity index (χ1) is 8.94. The number of amides is 1. The van der Waals surface area contributed by atoms with E-state index in [1.54, 1.807) is 6.92 Å². The van der Waals surface area contributed by atoms with Crippen LogP contribution in [0.5, 0.6) is 0 Å². The highest BCUT2D eigenvalue weighted by molar-refractivity contribution is 5.97. The number of carboxylic acids is 1. The first kappa shape index (κ1) is 14.1. The van der Waals surface area contributed by atoms with Crippen LogP contribution in [0.2, 0.25) is 0 Å². The number of hydrogen-bond donors (Lipinski definition) is 3. The summed E-state index contributed by atoms with van der Waals surface area (Å²) in [5.41, 5.74) is 0.660. The van der Waals surface area contributed by atoms with Crippen LogP contribution in [-0.4, -0.2) is 35.6 Å². The summed E-state index contributed by atoms with van der Waals surface area (Å²) in [6, 6.07) is 0. The predicted molar refractivity (Wildman–Crippen MR) is 71.7 cm³/mol. The van der Waals surface area contributed by atoms with Gasteiger partial charge in [0.1, 0.15) is 5.54 Å². The van der Waals surface area contributed by atoms with Crippen molar-refractivity contribution in [2.45, 2.75) is 45.1 Å². The van der Waals surface area contributed by atoms with Crippen LogP contribution in [0.25, 0.3) is 0 Å². The fourth-order valence-electron chi connectivity index (χ4n) is 2.90. The standard InChI is InChI=1S/C14H22N2O3/c1-9-4-3-5-14(6-9,13(18)19)16-12(17)10(2)11-7-15-8-11/h9,15H,3-8H2,1-2H3,(H,16,17)(H,18,19). The second kappa shape index (κ2) is 5.33. The SMILES string of the molecule is CC(C(=O)NC1(C(=O)O)CCCC(C)C1)=C1CNC1. The normalized spacial score (nSPS) is 30.4. The number of carbonyl (C=O) groups excluding carboxylic acids is 1. The topological polar surface area (TPSA) is 78.4 Å². The van der Waals surface area contributed by atoms with Gasteiger partial charge in [0.05, 0.1) is 0 Å². The molecule has 1 saturated heterocycles. The van der Waals surface area contributed by atoms with E-state index >= 15 is 0 Å². The predicted octanol–water partition coefficient (Wildman–Crippen LogP) is 1.06. The van der Waals surface area contributed by atoms with Crippen molar-refractivity contribution in [2.24, 2.45) is 5.92 Å². The number of rotatable bonds is 3. The monoisotopic (exact) mass is 266 g/mol. The molecule has 1 heterocycles. The van der Waals surface area contributed by atoms with E-state index in [4.69, 9.17) is 0 Å². The van der Waals surface area contributed by atoms with Gasteiger partial charge in [-0.15, -0.1) is 0 Å². The number of carboxylic acid groups (broad SMARTS) is 1. The molecule has 2 fully saturated rings. The summed E-state index contributed by atoms with van der Waals surface area (Å²) in [5, 5.41) is 15.4. The molecule has 1 aliphatic carbocycles. The van der Waals surface area contributed by atoms with Crippen molar-refractivity contribution in [3.05, 3.63) is 11.1 Å². The lowest BCUT2D eigenvalue weighted by Gasteiger charge is -2.37. The lowest BCUT2D eigenvalue weighted by atomic mass is 9.76. The Morgan fingerprint density at radius 3 is 2.58 bits per heavy atom. The summed E-state index contributed by atoms with van der Waals surface area (Å²) in [6.07, 6.45) is 2.94. The van der Waals surface area contributed by atoms with Crippen LogP contribution in [-0.2, 0) is 9.59 Å². The van der Waals surface area contributed by atoms with Crippen molar-refractivity contribution in [3.8, 4) is 0 Å². The molecule has 2 aliphatic rings. The molecule has 1 aliphatic heterocycles. The van der Waals surface area contributed by atoms with Crippen LogP contribution >= 0.6 is 0 Å². The molecule has 2 unspecified atom stereocenters. The van der Waals surface area contributed by atoms with Gasteiger partial charge in [-0.3, -0.25) is 4.79 Å². The highest BCUT2D eigenvalue weighted by Gasteiger charge is 2.43. The van der Waals surface area contributed by atoms with Gasteiger partial charge >= 0.3 is 5.97 Å². The van der Waals surface area contributed by atoms with E-state index in [-0.39, 0.29) is 5.91 Å². The molecular formula is C14H22N2O3. The maximum Gasteiger partial charge on any atom is 0.329 e. The zero-order valence-corrected chi connectivity index (χ0v) is 11.6. The maximum atomic E-state index is 12.2. The van der Waals surface area contributed by atoms with E-state index in [9.17, 15) is 14.7 Å². The zero-order valence-electron chi connectivity index (χ0n) is 11.6. The molecule has 2 rings (SSSR count). The number of nitrogens with one attached hydrogen (secondary N) is 2. The summed E-state index contributed by atoms with van der Waals surface area (Å²) in [6.45, 7) is 5.28. The van der Waals surface area contributed by atoms with Crippen molar-refractivity contribution in [2.75, 3.05) is 13.1 Å². The second-order valence-corrected chi connectivity index (χ2v) is 5.88. The Morgan fingerprint density at radius 1 is 1.42 bits per heavy atom. The molecule has 0 aromatic heterocycles. The van der Waals surface area contributed by atoms with Gasteiger partial charge in [0, 0.05) is 18.7 Å². The molecule has 19 heavy (non-hydrogen) atoms. The van der Waals surface area contributed by atoms with Gasteiger partial charge < -0.3 is 15.7 Å². The van der Waals surface area contributed by atoms with E-state index in [2.05, 4.69) is 10.6 Å². The van der Waals surface area contributed by atoms with E-state index in [1.165, 1.54) is 0 Å². The van der Waals surface area contributed by atoms with Crippen LogP contribution in [0.1, 0.15) is 39.5 Å². The Balaban J connectivity index is 2.13. The van der Waals surface area contributed by atoms with Gasteiger partial charge in [-0.25, -0.2) is 4.79 Å². The van der Waals surface area contributed by atoms with E-state index in [0.29, 0.717) is 24.3 Å². The number of hydrogen-bond acceptors (Lipinski definition) is 3. The summed E-state index contributed by atoms with van der Waals surface area (Å²) >= 11 is 0.